The molecule has 0 fully saturated rings. The number of halogens is 2. The second-order valence-corrected chi connectivity index (χ2v) is 7.96. The lowest BCUT2D eigenvalue weighted by atomic mass is 10.4. The largest absolute Gasteiger partial charge is 0.272 e. The lowest BCUT2D eigenvalue weighted by molar-refractivity contribution is 0.603. The Morgan fingerprint density at radius 2 is 2.22 bits per heavy atom. The van der Waals surface area contributed by atoms with Gasteiger partial charge < -0.3 is 0 Å². The maximum Gasteiger partial charge on any atom is 0.272 e. The number of hydrogen-bond donors (Lipinski definition) is 1. The minimum atomic E-state index is -3.64. The molecule has 5 nitrogen and oxygen atoms in total. The van der Waals surface area contributed by atoms with Gasteiger partial charge in [-0.25, -0.2) is 13.4 Å². The van der Waals surface area contributed by atoms with Crippen molar-refractivity contribution in [2.45, 2.75) is 11.1 Å². The molecule has 0 aliphatic carbocycles. The highest BCUT2D eigenvalue weighted by molar-refractivity contribution is 9.11. The highest BCUT2D eigenvalue weighted by atomic mass is 79.9. The maximum atomic E-state index is 12.1. The molecule has 2 rings (SSSR count). The molecule has 0 spiro atoms. The van der Waals surface area contributed by atoms with Crippen molar-refractivity contribution in [2.75, 3.05) is 4.72 Å². The third-order valence-electron chi connectivity index (χ3n) is 1.96. The highest BCUT2D eigenvalue weighted by Gasteiger charge is 2.19. The molecular weight excluding hydrogens is 362 g/mol. The van der Waals surface area contributed by atoms with Crippen LogP contribution in [0.1, 0.15) is 5.56 Å². The summed E-state index contributed by atoms with van der Waals surface area (Å²) < 4.78 is 27.4. The first-order chi connectivity index (χ1) is 8.38. The number of nitrogens with one attached hydrogen (secondary N) is 1. The van der Waals surface area contributed by atoms with Crippen molar-refractivity contribution in [1.29, 1.82) is 0 Å². The Hall–Kier alpha value is -0.700. The van der Waals surface area contributed by atoms with Gasteiger partial charge in [0, 0.05) is 6.20 Å². The van der Waals surface area contributed by atoms with Gasteiger partial charge in [0.25, 0.3) is 10.0 Å². The van der Waals surface area contributed by atoms with Crippen LogP contribution < -0.4 is 4.72 Å². The molecule has 2 aromatic rings. The van der Waals surface area contributed by atoms with E-state index in [2.05, 4.69) is 30.6 Å². The van der Waals surface area contributed by atoms with Crippen molar-refractivity contribution in [3.8, 4) is 0 Å². The van der Waals surface area contributed by atoms with Gasteiger partial charge >= 0.3 is 0 Å². The molecule has 9 heteroatoms. The molecule has 0 aromatic carbocycles. The van der Waals surface area contributed by atoms with Crippen molar-refractivity contribution in [2.24, 2.45) is 0 Å². The molecule has 0 unspecified atom stereocenters. The fraction of sp³-hybridized carbons (Fsp3) is 0.111. The summed E-state index contributed by atoms with van der Waals surface area (Å²) >= 11 is 10.0. The van der Waals surface area contributed by atoms with E-state index < -0.39 is 10.0 Å². The Morgan fingerprint density at radius 3 is 2.78 bits per heavy atom. The van der Waals surface area contributed by atoms with E-state index >= 15 is 0 Å². The fourth-order valence-corrected chi connectivity index (χ4v) is 4.52. The van der Waals surface area contributed by atoms with Crippen LogP contribution in [0.25, 0.3) is 0 Å². The van der Waals surface area contributed by atoms with E-state index in [0.29, 0.717) is 0 Å². The molecule has 0 saturated carbocycles. The van der Waals surface area contributed by atoms with Gasteiger partial charge in [-0.15, -0.1) is 11.3 Å². The Kier molecular flexibility index (Phi) is 3.90. The number of sulfonamides is 1. The Balaban J connectivity index is 2.33. The summed E-state index contributed by atoms with van der Waals surface area (Å²) in [6, 6.07) is 3.01. The van der Waals surface area contributed by atoms with Crippen LogP contribution in [0.3, 0.4) is 0 Å². The number of aryl methyl sites for hydroxylation is 1. The van der Waals surface area contributed by atoms with Crippen LogP contribution in [-0.2, 0) is 10.0 Å². The first-order valence-corrected chi connectivity index (χ1v) is 8.13. The van der Waals surface area contributed by atoms with Crippen molar-refractivity contribution in [3.63, 3.8) is 0 Å². The number of anilines is 1. The fourth-order valence-electron chi connectivity index (χ4n) is 1.14. The minimum absolute atomic E-state index is 0.0151. The summed E-state index contributed by atoms with van der Waals surface area (Å²) in [7, 11) is -3.64. The second-order valence-electron chi connectivity index (χ2n) is 3.34. The monoisotopic (exact) mass is 367 g/mol. The molecule has 0 bridgehead atoms. The van der Waals surface area contributed by atoms with Crippen LogP contribution in [-0.4, -0.2) is 18.4 Å². The quantitative estimate of drug-likeness (QED) is 0.845. The van der Waals surface area contributed by atoms with E-state index in [9.17, 15) is 8.42 Å². The smallest absolute Gasteiger partial charge is 0.263 e. The molecule has 0 atom stereocenters. The Morgan fingerprint density at radius 1 is 1.50 bits per heavy atom. The first kappa shape index (κ1) is 13.7. The molecule has 96 valence electrons. The van der Waals surface area contributed by atoms with Gasteiger partial charge in [-0.2, -0.15) is 4.98 Å². The van der Waals surface area contributed by atoms with E-state index in [0.717, 1.165) is 20.7 Å². The molecule has 0 aliphatic rings. The van der Waals surface area contributed by atoms with Gasteiger partial charge in [0.2, 0.25) is 5.28 Å². The van der Waals surface area contributed by atoms with Crippen LogP contribution in [0.15, 0.2) is 26.3 Å². The lowest BCUT2D eigenvalue weighted by Crippen LogP contribution is -2.12. The number of thiophene rings is 1. The van der Waals surface area contributed by atoms with Gasteiger partial charge in [0.05, 0.1) is 3.79 Å². The predicted molar refractivity (Wildman–Crippen MR) is 74.6 cm³/mol. The average Bonchev–Trinajstić information content (AvgIpc) is 2.59. The third-order valence-corrected chi connectivity index (χ3v) is 6.11. The topological polar surface area (TPSA) is 72.0 Å². The van der Waals surface area contributed by atoms with Crippen molar-refractivity contribution in [3.05, 3.63) is 33.0 Å². The van der Waals surface area contributed by atoms with E-state index in [1.807, 2.05) is 6.92 Å². The van der Waals surface area contributed by atoms with E-state index in [-0.39, 0.29) is 15.3 Å². The van der Waals surface area contributed by atoms with Gasteiger partial charge in [0.1, 0.15) is 10.0 Å². The number of aromatic nitrogens is 2. The van der Waals surface area contributed by atoms with Gasteiger partial charge in [0.15, 0.2) is 0 Å². The molecule has 0 aliphatic heterocycles. The predicted octanol–water partition coefficient (Wildman–Crippen LogP) is 3.06. The lowest BCUT2D eigenvalue weighted by Gasteiger charge is -2.04. The summed E-state index contributed by atoms with van der Waals surface area (Å²) in [6.45, 7) is 1.82. The van der Waals surface area contributed by atoms with Crippen LogP contribution in [0.2, 0.25) is 5.28 Å². The van der Waals surface area contributed by atoms with Crippen LogP contribution in [0.5, 0.6) is 0 Å². The van der Waals surface area contributed by atoms with Gasteiger partial charge in [-0.1, -0.05) is 0 Å². The SMILES string of the molecule is Cc1cc(S(=O)(=O)Nc2ccnc(Cl)n2)sc1Br. The zero-order valence-corrected chi connectivity index (χ0v) is 13.0. The second kappa shape index (κ2) is 5.12. The maximum absolute atomic E-state index is 12.1. The number of rotatable bonds is 3. The summed E-state index contributed by atoms with van der Waals surface area (Å²) in [5.74, 6) is 0.136. The molecule has 18 heavy (non-hydrogen) atoms. The minimum Gasteiger partial charge on any atom is -0.263 e. The van der Waals surface area contributed by atoms with Crippen molar-refractivity contribution < 1.29 is 8.42 Å². The normalized spacial score (nSPS) is 11.5. The first-order valence-electron chi connectivity index (χ1n) is 4.66. The van der Waals surface area contributed by atoms with Crippen molar-refractivity contribution >= 4 is 54.7 Å². The zero-order valence-electron chi connectivity index (χ0n) is 9.02. The van der Waals surface area contributed by atoms with Gasteiger partial charge in [-0.3, -0.25) is 4.72 Å². The molecule has 2 aromatic heterocycles. The number of hydrogen-bond acceptors (Lipinski definition) is 5. The average molecular weight is 369 g/mol. The number of nitrogens with zero attached hydrogens (tertiary/aromatic N) is 2. The van der Waals surface area contributed by atoms with Crippen molar-refractivity contribution in [1.82, 2.24) is 9.97 Å². The molecule has 0 amide bonds. The summed E-state index contributed by atoms with van der Waals surface area (Å²) in [4.78, 5) is 7.45. The van der Waals surface area contributed by atoms with Crippen LogP contribution >= 0.6 is 38.9 Å². The summed E-state index contributed by atoms with van der Waals surface area (Å²) in [6.07, 6.45) is 1.38. The standard InChI is InChI=1S/C9H7BrClN3O2S2/c1-5-4-7(17-8(5)10)18(15,16)14-6-2-3-12-9(11)13-6/h2-4H,1H3,(H,12,13,14). The molecule has 1 N–H and O–H groups in total. The van der Waals surface area contributed by atoms with E-state index in [4.69, 9.17) is 11.6 Å². The van der Waals surface area contributed by atoms with Crippen LogP contribution in [0, 0.1) is 6.92 Å². The molecule has 0 saturated heterocycles. The summed E-state index contributed by atoms with van der Waals surface area (Å²) in [5.41, 5.74) is 0.862. The van der Waals surface area contributed by atoms with Crippen LogP contribution in [0.4, 0.5) is 5.82 Å². The third kappa shape index (κ3) is 3.00. The Bertz CT molecular complexity index is 667. The van der Waals surface area contributed by atoms with E-state index in [1.165, 1.54) is 12.3 Å². The molecule has 0 radical (unpaired) electrons. The summed E-state index contributed by atoms with van der Waals surface area (Å²) in [5, 5.41) is -0.0151. The van der Waals surface area contributed by atoms with Gasteiger partial charge in [-0.05, 0) is 52.2 Å². The molecule has 2 heterocycles. The van der Waals surface area contributed by atoms with E-state index in [1.54, 1.807) is 6.07 Å². The zero-order chi connectivity index (χ0) is 13.3. The Labute approximate surface area is 121 Å². The molecular formula is C9H7BrClN3O2S2. The highest BCUT2D eigenvalue weighted by Crippen LogP contribution is 2.31.